The smallest absolute Gasteiger partial charge is 0.303 e. The van der Waals surface area contributed by atoms with Crippen molar-refractivity contribution in [1.82, 2.24) is 0 Å². The molecule has 0 aromatic carbocycles. The quantitative estimate of drug-likeness (QED) is 0.665. The zero-order chi connectivity index (χ0) is 8.86. The molecule has 0 bridgehead atoms. The van der Waals surface area contributed by atoms with Crippen LogP contribution >= 0.6 is 0 Å². The highest BCUT2D eigenvalue weighted by atomic mass is 16.4. The van der Waals surface area contributed by atoms with Crippen molar-refractivity contribution in [3.63, 3.8) is 0 Å². The zero-order valence-electron chi connectivity index (χ0n) is 7.64. The van der Waals surface area contributed by atoms with Crippen LogP contribution in [0.25, 0.3) is 0 Å². The zero-order valence-corrected chi connectivity index (χ0v) is 7.64. The van der Waals surface area contributed by atoms with Gasteiger partial charge >= 0.3 is 5.97 Å². The second-order valence-electron chi connectivity index (χ2n) is 4.59. The molecule has 2 heteroatoms. The molecule has 0 heterocycles. The van der Waals surface area contributed by atoms with Crippen LogP contribution in [0.5, 0.6) is 0 Å². The van der Waals surface area contributed by atoms with E-state index in [2.05, 4.69) is 27.7 Å². The number of carboxylic acid groups (broad SMARTS) is 1. The third-order valence-corrected chi connectivity index (χ3v) is 3.70. The lowest BCUT2D eigenvalue weighted by Gasteiger charge is -2.04. The highest BCUT2D eigenvalue weighted by molar-refractivity contribution is 5.68. The molecule has 1 fully saturated rings. The van der Waals surface area contributed by atoms with E-state index in [1.54, 1.807) is 0 Å². The molecule has 0 atom stereocenters. The number of carboxylic acids is 1. The SMILES string of the molecule is CC1(C)C(CC(=O)O)C1(C)C. The predicted molar refractivity (Wildman–Crippen MR) is 43.3 cm³/mol. The molecule has 1 aliphatic rings. The maximum absolute atomic E-state index is 10.4. The first-order chi connectivity index (χ1) is 4.80. The average molecular weight is 156 g/mol. The fourth-order valence-electron chi connectivity index (χ4n) is 2.02. The summed E-state index contributed by atoms with van der Waals surface area (Å²) in [6.07, 6.45) is 0.319. The Labute approximate surface area is 67.6 Å². The Morgan fingerprint density at radius 1 is 1.27 bits per heavy atom. The summed E-state index contributed by atoms with van der Waals surface area (Å²) in [6.45, 7) is 8.56. The van der Waals surface area contributed by atoms with Crippen LogP contribution in [0.15, 0.2) is 0 Å². The minimum atomic E-state index is -0.673. The monoisotopic (exact) mass is 156 g/mol. The van der Waals surface area contributed by atoms with Crippen molar-refractivity contribution in [1.29, 1.82) is 0 Å². The normalized spacial score (nSPS) is 26.5. The molecule has 0 spiro atoms. The largest absolute Gasteiger partial charge is 0.481 e. The Kier molecular flexibility index (Phi) is 1.55. The molecule has 1 aliphatic carbocycles. The van der Waals surface area contributed by atoms with Crippen LogP contribution in [-0.2, 0) is 4.79 Å². The standard InChI is InChI=1S/C9H16O2/c1-8(2)6(5-7(10)11)9(8,3)4/h6H,5H2,1-4H3,(H,10,11). The average Bonchev–Trinajstić information content (AvgIpc) is 2.11. The summed E-state index contributed by atoms with van der Waals surface area (Å²) in [5.41, 5.74) is 0.427. The molecule has 64 valence electrons. The van der Waals surface area contributed by atoms with Crippen molar-refractivity contribution < 1.29 is 9.90 Å². The van der Waals surface area contributed by atoms with Crippen LogP contribution in [-0.4, -0.2) is 11.1 Å². The van der Waals surface area contributed by atoms with E-state index >= 15 is 0 Å². The van der Waals surface area contributed by atoms with E-state index in [9.17, 15) is 4.79 Å². The summed E-state index contributed by atoms with van der Waals surface area (Å²) in [4.78, 5) is 10.4. The molecule has 2 nitrogen and oxygen atoms in total. The Morgan fingerprint density at radius 3 is 1.73 bits per heavy atom. The van der Waals surface area contributed by atoms with Crippen molar-refractivity contribution >= 4 is 5.97 Å². The molecule has 0 radical (unpaired) electrons. The molecule has 1 rings (SSSR count). The number of carbonyl (C=O) groups is 1. The summed E-state index contributed by atoms with van der Waals surface area (Å²) in [7, 11) is 0. The van der Waals surface area contributed by atoms with Crippen LogP contribution in [0.3, 0.4) is 0 Å². The fraction of sp³-hybridized carbons (Fsp3) is 0.889. The molecule has 0 aromatic rings. The van der Waals surface area contributed by atoms with Crippen LogP contribution in [0, 0.1) is 16.7 Å². The minimum Gasteiger partial charge on any atom is -0.481 e. The molecule has 0 aromatic heterocycles. The molecule has 0 saturated heterocycles. The molecule has 0 unspecified atom stereocenters. The molecular weight excluding hydrogens is 140 g/mol. The summed E-state index contributed by atoms with van der Waals surface area (Å²) in [6, 6.07) is 0. The van der Waals surface area contributed by atoms with E-state index in [0.717, 1.165) is 0 Å². The number of rotatable bonds is 2. The summed E-state index contributed by atoms with van der Waals surface area (Å²) in [5, 5.41) is 8.59. The van der Waals surface area contributed by atoms with Gasteiger partial charge in [-0.25, -0.2) is 0 Å². The number of hydrogen-bond acceptors (Lipinski definition) is 1. The molecule has 11 heavy (non-hydrogen) atoms. The van der Waals surface area contributed by atoms with Gasteiger partial charge < -0.3 is 5.11 Å². The van der Waals surface area contributed by atoms with Gasteiger partial charge in [-0.2, -0.15) is 0 Å². The van der Waals surface area contributed by atoms with E-state index in [1.807, 2.05) is 0 Å². The van der Waals surface area contributed by atoms with Gasteiger partial charge in [-0.15, -0.1) is 0 Å². The van der Waals surface area contributed by atoms with Gasteiger partial charge in [0.1, 0.15) is 0 Å². The van der Waals surface area contributed by atoms with E-state index in [4.69, 9.17) is 5.11 Å². The molecule has 0 aliphatic heterocycles. The summed E-state index contributed by atoms with van der Waals surface area (Å²) in [5.74, 6) is -0.318. The Morgan fingerprint density at radius 2 is 1.64 bits per heavy atom. The van der Waals surface area contributed by atoms with Crippen molar-refractivity contribution in [2.45, 2.75) is 34.1 Å². The van der Waals surface area contributed by atoms with Crippen molar-refractivity contribution in [2.75, 3.05) is 0 Å². The van der Waals surface area contributed by atoms with E-state index in [1.165, 1.54) is 0 Å². The first-order valence-electron chi connectivity index (χ1n) is 4.02. The van der Waals surface area contributed by atoms with Gasteiger partial charge in [-0.3, -0.25) is 4.79 Å². The lowest BCUT2D eigenvalue weighted by molar-refractivity contribution is -0.137. The summed E-state index contributed by atoms with van der Waals surface area (Å²) < 4.78 is 0. The van der Waals surface area contributed by atoms with Gasteiger partial charge in [0.2, 0.25) is 0 Å². The van der Waals surface area contributed by atoms with Gasteiger partial charge in [0.25, 0.3) is 0 Å². The van der Waals surface area contributed by atoms with Crippen LogP contribution in [0.2, 0.25) is 0 Å². The van der Waals surface area contributed by atoms with Gasteiger partial charge in [0.15, 0.2) is 0 Å². The van der Waals surface area contributed by atoms with Gasteiger partial charge in [0.05, 0.1) is 0 Å². The summed E-state index contributed by atoms with van der Waals surface area (Å²) >= 11 is 0. The van der Waals surface area contributed by atoms with E-state index < -0.39 is 5.97 Å². The maximum atomic E-state index is 10.4. The fourth-order valence-corrected chi connectivity index (χ4v) is 2.02. The van der Waals surface area contributed by atoms with Crippen LogP contribution in [0.4, 0.5) is 0 Å². The Balaban J connectivity index is 2.61. The Hall–Kier alpha value is -0.530. The number of hydrogen-bond donors (Lipinski definition) is 1. The predicted octanol–water partition coefficient (Wildman–Crippen LogP) is 2.14. The Bertz CT molecular complexity index is 178. The third-order valence-electron chi connectivity index (χ3n) is 3.70. The van der Waals surface area contributed by atoms with E-state index in [-0.39, 0.29) is 10.8 Å². The van der Waals surface area contributed by atoms with Crippen LogP contribution in [0.1, 0.15) is 34.1 Å². The highest BCUT2D eigenvalue weighted by Gasteiger charge is 2.64. The first kappa shape index (κ1) is 8.57. The molecule has 1 saturated carbocycles. The van der Waals surface area contributed by atoms with Crippen LogP contribution < -0.4 is 0 Å². The molecule has 1 N–H and O–H groups in total. The first-order valence-corrected chi connectivity index (χ1v) is 4.02. The van der Waals surface area contributed by atoms with Crippen molar-refractivity contribution in [3.8, 4) is 0 Å². The lowest BCUT2D eigenvalue weighted by atomic mass is 10.0. The van der Waals surface area contributed by atoms with Gasteiger partial charge in [-0.05, 0) is 16.7 Å². The molecular formula is C9H16O2. The topological polar surface area (TPSA) is 37.3 Å². The van der Waals surface area contributed by atoms with Gasteiger partial charge in [0, 0.05) is 6.42 Å². The number of aliphatic carboxylic acids is 1. The highest BCUT2D eigenvalue weighted by Crippen LogP contribution is 2.69. The second kappa shape index (κ2) is 1.99. The minimum absolute atomic E-state index is 0.214. The van der Waals surface area contributed by atoms with E-state index in [0.29, 0.717) is 12.3 Å². The second-order valence-corrected chi connectivity index (χ2v) is 4.59. The van der Waals surface area contributed by atoms with Crippen molar-refractivity contribution in [2.24, 2.45) is 16.7 Å². The maximum Gasteiger partial charge on any atom is 0.303 e. The third kappa shape index (κ3) is 1.05. The van der Waals surface area contributed by atoms with Crippen molar-refractivity contribution in [3.05, 3.63) is 0 Å². The lowest BCUT2D eigenvalue weighted by Crippen LogP contribution is -1.99. The van der Waals surface area contributed by atoms with Gasteiger partial charge in [-0.1, -0.05) is 27.7 Å². The molecule has 0 amide bonds.